The van der Waals surface area contributed by atoms with Crippen LogP contribution in [0.5, 0.6) is 0 Å². The van der Waals surface area contributed by atoms with E-state index in [1.165, 1.54) is 12.1 Å². The molecular weight excluding hydrogens is 522 g/mol. The Balaban J connectivity index is 0.00000289. The molecule has 1 aromatic heterocycles. The van der Waals surface area contributed by atoms with E-state index in [-0.39, 0.29) is 42.0 Å². The summed E-state index contributed by atoms with van der Waals surface area (Å²) in [7, 11) is 0. The molecule has 3 aromatic rings. The third-order valence-electron chi connectivity index (χ3n) is 5.16. The number of halogens is 2. The van der Waals surface area contributed by atoms with Crippen LogP contribution >= 0.6 is 24.0 Å². The number of nitrogens with zero attached hydrogens (tertiary/aromatic N) is 5. The monoisotopic (exact) mass is 550 g/mol. The first-order valence-corrected chi connectivity index (χ1v) is 10.5. The Bertz CT molecular complexity index is 1010. The van der Waals surface area contributed by atoms with Crippen LogP contribution in [-0.4, -0.2) is 51.4 Å². The standard InChI is InChI=1S/C23H27FN6O.HI/c1-3-25-23(26-13-22-28-27-16-30(22)20-7-5-4-6-8-20)29-14-17(2)31-21(15-29)18-9-11-19(24)12-10-18;/h4-12,16-17,21H,3,13-15H2,1-2H3,(H,25,26);1H. The van der Waals surface area contributed by atoms with Crippen molar-refractivity contribution in [3.05, 3.63) is 78.1 Å². The molecule has 0 aliphatic carbocycles. The molecule has 0 radical (unpaired) electrons. The van der Waals surface area contributed by atoms with Crippen molar-refractivity contribution in [2.45, 2.75) is 32.6 Å². The normalized spacial score (nSPS) is 18.8. The summed E-state index contributed by atoms with van der Waals surface area (Å²) in [5.74, 6) is 1.31. The van der Waals surface area contributed by atoms with E-state index in [1.807, 2.05) is 48.7 Å². The van der Waals surface area contributed by atoms with Gasteiger partial charge in [-0.15, -0.1) is 34.2 Å². The molecule has 1 aliphatic heterocycles. The van der Waals surface area contributed by atoms with Crippen LogP contribution in [-0.2, 0) is 11.3 Å². The fourth-order valence-corrected chi connectivity index (χ4v) is 3.73. The lowest BCUT2D eigenvalue weighted by Crippen LogP contribution is -2.50. The Morgan fingerprint density at radius 3 is 2.62 bits per heavy atom. The van der Waals surface area contributed by atoms with E-state index < -0.39 is 0 Å². The zero-order valence-corrected chi connectivity index (χ0v) is 20.5. The number of benzene rings is 2. The van der Waals surface area contributed by atoms with Gasteiger partial charge in [-0.2, -0.15) is 0 Å². The van der Waals surface area contributed by atoms with Crippen LogP contribution in [0.25, 0.3) is 5.69 Å². The third-order valence-corrected chi connectivity index (χ3v) is 5.16. The number of nitrogens with one attached hydrogen (secondary N) is 1. The number of aromatic nitrogens is 3. The number of ether oxygens (including phenoxy) is 1. The average Bonchev–Trinajstić information content (AvgIpc) is 3.26. The van der Waals surface area contributed by atoms with Crippen LogP contribution in [0.4, 0.5) is 4.39 Å². The number of aliphatic imine (C=N–C) groups is 1. The minimum Gasteiger partial charge on any atom is -0.367 e. The van der Waals surface area contributed by atoms with Crippen LogP contribution in [0, 0.1) is 5.82 Å². The number of morpholine rings is 1. The van der Waals surface area contributed by atoms with Crippen molar-refractivity contribution in [2.75, 3.05) is 19.6 Å². The molecule has 32 heavy (non-hydrogen) atoms. The third kappa shape index (κ3) is 5.83. The molecule has 1 fully saturated rings. The van der Waals surface area contributed by atoms with Crippen molar-refractivity contribution >= 4 is 29.9 Å². The van der Waals surface area contributed by atoms with Crippen molar-refractivity contribution < 1.29 is 9.13 Å². The summed E-state index contributed by atoms with van der Waals surface area (Å²) in [6.07, 6.45) is 1.57. The highest BCUT2D eigenvalue weighted by molar-refractivity contribution is 14.0. The van der Waals surface area contributed by atoms with Crippen molar-refractivity contribution in [3.63, 3.8) is 0 Å². The Hall–Kier alpha value is -2.53. The van der Waals surface area contributed by atoms with Gasteiger partial charge in [0.15, 0.2) is 11.8 Å². The molecule has 9 heteroatoms. The Labute approximate surface area is 204 Å². The Morgan fingerprint density at radius 2 is 1.91 bits per heavy atom. The Morgan fingerprint density at radius 1 is 1.16 bits per heavy atom. The van der Waals surface area contributed by atoms with Crippen LogP contribution in [0.1, 0.15) is 31.3 Å². The molecule has 1 saturated heterocycles. The molecule has 1 aliphatic rings. The second-order valence-electron chi connectivity index (χ2n) is 7.51. The van der Waals surface area contributed by atoms with Crippen molar-refractivity contribution in [1.82, 2.24) is 25.0 Å². The maximum Gasteiger partial charge on any atom is 0.194 e. The number of rotatable bonds is 5. The van der Waals surface area contributed by atoms with E-state index in [1.54, 1.807) is 18.5 Å². The molecule has 7 nitrogen and oxygen atoms in total. The van der Waals surface area contributed by atoms with Gasteiger partial charge < -0.3 is 15.0 Å². The number of guanidine groups is 1. The van der Waals surface area contributed by atoms with E-state index in [2.05, 4.69) is 20.4 Å². The van der Waals surface area contributed by atoms with Gasteiger partial charge in [0.1, 0.15) is 24.8 Å². The lowest BCUT2D eigenvalue weighted by Gasteiger charge is -2.38. The Kier molecular flexibility index (Phi) is 8.57. The molecule has 2 atom stereocenters. The van der Waals surface area contributed by atoms with Gasteiger partial charge in [-0.05, 0) is 43.7 Å². The van der Waals surface area contributed by atoms with Gasteiger partial charge in [0.25, 0.3) is 0 Å². The molecule has 0 amide bonds. The fourth-order valence-electron chi connectivity index (χ4n) is 3.73. The topological polar surface area (TPSA) is 67.6 Å². The first kappa shape index (κ1) is 24.1. The van der Waals surface area contributed by atoms with Crippen LogP contribution in [0.3, 0.4) is 0 Å². The van der Waals surface area contributed by atoms with E-state index in [0.717, 1.165) is 36.1 Å². The number of hydrogen-bond donors (Lipinski definition) is 1. The van der Waals surface area contributed by atoms with Crippen molar-refractivity contribution in [3.8, 4) is 5.69 Å². The van der Waals surface area contributed by atoms with Crippen molar-refractivity contribution in [2.24, 2.45) is 4.99 Å². The predicted octanol–water partition coefficient (Wildman–Crippen LogP) is 3.95. The van der Waals surface area contributed by atoms with Crippen LogP contribution < -0.4 is 5.32 Å². The largest absolute Gasteiger partial charge is 0.367 e. The highest BCUT2D eigenvalue weighted by Gasteiger charge is 2.28. The zero-order valence-electron chi connectivity index (χ0n) is 18.2. The maximum absolute atomic E-state index is 13.3. The summed E-state index contributed by atoms with van der Waals surface area (Å²) < 4.78 is 21.4. The molecular formula is C23H28FIN6O. The molecule has 0 spiro atoms. The summed E-state index contributed by atoms with van der Waals surface area (Å²) in [4.78, 5) is 7.02. The van der Waals surface area contributed by atoms with Gasteiger partial charge in [0.2, 0.25) is 0 Å². The van der Waals surface area contributed by atoms with Crippen LogP contribution in [0.2, 0.25) is 0 Å². The lowest BCUT2D eigenvalue weighted by molar-refractivity contribution is -0.0605. The average molecular weight is 550 g/mol. The second-order valence-corrected chi connectivity index (χ2v) is 7.51. The SMILES string of the molecule is CCNC(=NCc1nncn1-c1ccccc1)N1CC(C)OC(c2ccc(F)cc2)C1.I. The van der Waals surface area contributed by atoms with E-state index in [0.29, 0.717) is 13.1 Å². The summed E-state index contributed by atoms with van der Waals surface area (Å²) in [5.41, 5.74) is 1.96. The van der Waals surface area contributed by atoms with Crippen molar-refractivity contribution in [1.29, 1.82) is 0 Å². The molecule has 2 unspecified atom stereocenters. The summed E-state index contributed by atoms with van der Waals surface area (Å²) in [6, 6.07) is 16.5. The van der Waals surface area contributed by atoms with Gasteiger partial charge in [-0.3, -0.25) is 4.57 Å². The molecule has 170 valence electrons. The van der Waals surface area contributed by atoms with E-state index in [9.17, 15) is 4.39 Å². The molecule has 0 bridgehead atoms. The summed E-state index contributed by atoms with van der Waals surface area (Å²) in [6.45, 7) is 6.57. The maximum atomic E-state index is 13.3. The van der Waals surface area contributed by atoms with Gasteiger partial charge in [0.05, 0.1) is 12.6 Å². The van der Waals surface area contributed by atoms with E-state index in [4.69, 9.17) is 9.73 Å². The highest BCUT2D eigenvalue weighted by Crippen LogP contribution is 2.25. The van der Waals surface area contributed by atoms with Gasteiger partial charge in [-0.1, -0.05) is 30.3 Å². The first-order chi connectivity index (χ1) is 15.1. The van der Waals surface area contributed by atoms with Gasteiger partial charge in [0, 0.05) is 18.8 Å². The molecule has 1 N–H and O–H groups in total. The zero-order chi connectivity index (χ0) is 21.6. The quantitative estimate of drug-likeness (QED) is 0.296. The number of para-hydroxylation sites is 1. The van der Waals surface area contributed by atoms with E-state index >= 15 is 0 Å². The van der Waals surface area contributed by atoms with Gasteiger partial charge >= 0.3 is 0 Å². The first-order valence-electron chi connectivity index (χ1n) is 10.5. The predicted molar refractivity (Wildman–Crippen MR) is 133 cm³/mol. The van der Waals surface area contributed by atoms with Crippen LogP contribution in [0.15, 0.2) is 65.9 Å². The second kappa shape index (κ2) is 11.4. The highest BCUT2D eigenvalue weighted by atomic mass is 127. The molecule has 2 heterocycles. The van der Waals surface area contributed by atoms with Gasteiger partial charge in [-0.25, -0.2) is 9.38 Å². The smallest absolute Gasteiger partial charge is 0.194 e. The summed E-state index contributed by atoms with van der Waals surface area (Å²) >= 11 is 0. The molecule has 4 rings (SSSR count). The molecule has 0 saturated carbocycles. The lowest BCUT2D eigenvalue weighted by atomic mass is 10.1. The minimum atomic E-state index is -0.248. The minimum absolute atomic E-state index is 0. The summed E-state index contributed by atoms with van der Waals surface area (Å²) in [5, 5.41) is 11.7. The fraction of sp³-hybridized carbons (Fsp3) is 0.348. The molecule has 2 aromatic carbocycles. The number of hydrogen-bond acceptors (Lipinski definition) is 4.